The van der Waals surface area contributed by atoms with Gasteiger partial charge in [-0.1, -0.05) is 41.5 Å². The predicted molar refractivity (Wildman–Crippen MR) is 99.0 cm³/mol. The van der Waals surface area contributed by atoms with E-state index < -0.39 is 11.9 Å². The van der Waals surface area contributed by atoms with Crippen molar-refractivity contribution < 1.29 is 19.8 Å². The fourth-order valence-electron chi connectivity index (χ4n) is 2.51. The Hall–Kier alpha value is -1.66. The molecule has 0 aromatic carbocycles. The number of hydrogen-bond acceptors (Lipinski definition) is 4. The second kappa shape index (κ2) is 6.01. The fraction of sp³-hybridized carbons (Fsp3) is 0.444. The van der Waals surface area contributed by atoms with Gasteiger partial charge in [-0.25, -0.2) is 9.59 Å². The van der Waals surface area contributed by atoms with Crippen LogP contribution in [-0.2, 0) is 10.8 Å². The molecule has 0 aliphatic rings. The summed E-state index contributed by atoms with van der Waals surface area (Å²) >= 11 is 2.53. The predicted octanol–water partition coefficient (Wildman–Crippen LogP) is 5.47. The molecular weight excluding hydrogens is 344 g/mol. The maximum Gasteiger partial charge on any atom is 0.345 e. The molecule has 0 spiro atoms. The molecular formula is C18H22O4S2. The molecule has 0 bridgehead atoms. The van der Waals surface area contributed by atoms with Gasteiger partial charge in [-0.15, -0.1) is 22.7 Å². The molecule has 0 aliphatic carbocycles. The number of carboxylic acid groups (broad SMARTS) is 2. The van der Waals surface area contributed by atoms with Crippen LogP contribution in [0.5, 0.6) is 0 Å². The van der Waals surface area contributed by atoms with Crippen LogP contribution in [0.1, 0.15) is 70.6 Å². The molecule has 0 amide bonds. The third kappa shape index (κ3) is 3.54. The lowest BCUT2D eigenvalue weighted by molar-refractivity contribution is 0.0691. The van der Waals surface area contributed by atoms with E-state index in [0.717, 1.165) is 20.9 Å². The van der Waals surface area contributed by atoms with Crippen LogP contribution in [-0.4, -0.2) is 22.2 Å². The molecule has 2 N–H and O–H groups in total. The highest BCUT2D eigenvalue weighted by Gasteiger charge is 2.30. The van der Waals surface area contributed by atoms with Crippen LogP contribution in [0.25, 0.3) is 11.1 Å². The molecule has 4 nitrogen and oxygen atoms in total. The Labute approximate surface area is 149 Å². The maximum atomic E-state index is 11.4. The zero-order valence-corrected chi connectivity index (χ0v) is 16.3. The van der Waals surface area contributed by atoms with Gasteiger partial charge in [0, 0.05) is 9.75 Å². The van der Waals surface area contributed by atoms with E-state index in [-0.39, 0.29) is 20.6 Å². The van der Waals surface area contributed by atoms with E-state index in [0.29, 0.717) is 0 Å². The van der Waals surface area contributed by atoms with E-state index in [1.54, 1.807) is 12.1 Å². The van der Waals surface area contributed by atoms with Crippen LogP contribution < -0.4 is 0 Å². The van der Waals surface area contributed by atoms with Crippen molar-refractivity contribution in [2.75, 3.05) is 0 Å². The number of carboxylic acids is 2. The third-order valence-corrected chi connectivity index (χ3v) is 6.64. The zero-order valence-electron chi connectivity index (χ0n) is 14.7. The van der Waals surface area contributed by atoms with Gasteiger partial charge < -0.3 is 10.2 Å². The molecule has 0 radical (unpaired) electrons. The summed E-state index contributed by atoms with van der Waals surface area (Å²) in [6, 6.07) is 3.35. The van der Waals surface area contributed by atoms with E-state index in [4.69, 9.17) is 0 Å². The number of rotatable bonds is 3. The molecule has 24 heavy (non-hydrogen) atoms. The molecule has 0 saturated carbocycles. The number of carbonyl (C=O) groups is 2. The monoisotopic (exact) mass is 366 g/mol. The molecule has 2 rings (SSSR count). The molecule has 0 fully saturated rings. The standard InChI is InChI=1S/C18H22O4S2/c1-17(2,3)13-9(7-11(23-13)15(19)20)10-8-12(16(21)22)24-14(10)18(4,5)6/h7-8H,1-6H3,(H,19,20)(H,21,22). The summed E-state index contributed by atoms with van der Waals surface area (Å²) in [6.07, 6.45) is 0. The minimum Gasteiger partial charge on any atom is -0.477 e. The summed E-state index contributed by atoms with van der Waals surface area (Å²) in [6.45, 7) is 12.2. The quantitative estimate of drug-likeness (QED) is 0.755. The van der Waals surface area contributed by atoms with Crippen molar-refractivity contribution >= 4 is 34.6 Å². The Morgan fingerprint density at radius 3 is 1.25 bits per heavy atom. The maximum absolute atomic E-state index is 11.4. The highest BCUT2D eigenvalue weighted by molar-refractivity contribution is 7.15. The van der Waals surface area contributed by atoms with Crippen LogP contribution in [0.2, 0.25) is 0 Å². The van der Waals surface area contributed by atoms with Gasteiger partial charge in [-0.2, -0.15) is 0 Å². The second-order valence-electron chi connectivity index (χ2n) is 7.82. The Morgan fingerprint density at radius 2 is 1.04 bits per heavy atom. The Balaban J connectivity index is 2.80. The molecule has 2 aromatic rings. The van der Waals surface area contributed by atoms with Crippen LogP contribution in [0.4, 0.5) is 0 Å². The van der Waals surface area contributed by atoms with Crippen LogP contribution >= 0.6 is 22.7 Å². The van der Waals surface area contributed by atoms with Crippen LogP contribution in [0, 0.1) is 0 Å². The average Bonchev–Trinajstić information content (AvgIpc) is 3.01. The zero-order chi connectivity index (χ0) is 18.4. The average molecular weight is 367 g/mol. The molecule has 2 heterocycles. The van der Waals surface area contributed by atoms with Gasteiger partial charge >= 0.3 is 11.9 Å². The molecule has 130 valence electrons. The first-order valence-electron chi connectivity index (χ1n) is 7.58. The lowest BCUT2D eigenvalue weighted by Gasteiger charge is -2.22. The molecule has 0 unspecified atom stereocenters. The van der Waals surface area contributed by atoms with Crippen molar-refractivity contribution in [1.82, 2.24) is 0 Å². The van der Waals surface area contributed by atoms with E-state index >= 15 is 0 Å². The lowest BCUT2D eigenvalue weighted by atomic mass is 9.85. The Bertz CT molecular complexity index is 730. The largest absolute Gasteiger partial charge is 0.477 e. The second-order valence-corrected chi connectivity index (χ2v) is 9.92. The normalized spacial score (nSPS) is 12.4. The third-order valence-electron chi connectivity index (χ3n) is 3.54. The molecule has 6 heteroatoms. The highest BCUT2D eigenvalue weighted by atomic mass is 32.1. The van der Waals surface area contributed by atoms with Gasteiger partial charge in [0.05, 0.1) is 0 Å². The summed E-state index contributed by atoms with van der Waals surface area (Å²) in [4.78, 5) is 25.3. The summed E-state index contributed by atoms with van der Waals surface area (Å²) in [5.41, 5.74) is 1.21. The molecule has 2 aromatic heterocycles. The van der Waals surface area contributed by atoms with E-state index in [1.807, 2.05) is 41.5 Å². The van der Waals surface area contributed by atoms with Gasteiger partial charge in [0.15, 0.2) is 0 Å². The minimum atomic E-state index is -0.956. The van der Waals surface area contributed by atoms with Crippen molar-refractivity contribution in [1.29, 1.82) is 0 Å². The van der Waals surface area contributed by atoms with Crippen molar-refractivity contribution in [3.63, 3.8) is 0 Å². The first-order valence-corrected chi connectivity index (χ1v) is 9.21. The lowest BCUT2D eigenvalue weighted by Crippen LogP contribution is -2.12. The van der Waals surface area contributed by atoms with E-state index in [9.17, 15) is 19.8 Å². The molecule has 0 atom stereocenters. The van der Waals surface area contributed by atoms with Gasteiger partial charge in [0.25, 0.3) is 0 Å². The molecule has 0 saturated heterocycles. The Kier molecular flexibility index (Phi) is 4.67. The van der Waals surface area contributed by atoms with Gasteiger partial charge in [0.1, 0.15) is 9.75 Å². The number of hydrogen-bond donors (Lipinski definition) is 2. The van der Waals surface area contributed by atoms with Gasteiger partial charge in [-0.3, -0.25) is 0 Å². The number of aromatic carboxylic acids is 2. The van der Waals surface area contributed by atoms with E-state index in [1.165, 1.54) is 22.7 Å². The summed E-state index contributed by atoms with van der Waals surface area (Å²) < 4.78 is 0. The first-order chi connectivity index (χ1) is 10.8. The summed E-state index contributed by atoms with van der Waals surface area (Å²) in [7, 11) is 0. The van der Waals surface area contributed by atoms with Crippen molar-refractivity contribution in [3.8, 4) is 11.1 Å². The first kappa shape index (κ1) is 18.7. The SMILES string of the molecule is CC(C)(C)c1sc(C(=O)O)cc1-c1cc(C(=O)O)sc1C(C)(C)C. The fourth-order valence-corrected chi connectivity index (χ4v) is 4.65. The number of thiophene rings is 2. The van der Waals surface area contributed by atoms with Gasteiger partial charge in [-0.05, 0) is 34.1 Å². The van der Waals surface area contributed by atoms with Crippen LogP contribution in [0.15, 0.2) is 12.1 Å². The summed E-state index contributed by atoms with van der Waals surface area (Å²) in [5, 5.41) is 18.8. The van der Waals surface area contributed by atoms with Crippen LogP contribution in [0.3, 0.4) is 0 Å². The van der Waals surface area contributed by atoms with Gasteiger partial charge in [0.2, 0.25) is 0 Å². The molecule has 0 aliphatic heterocycles. The van der Waals surface area contributed by atoms with Crippen molar-refractivity contribution in [3.05, 3.63) is 31.6 Å². The van der Waals surface area contributed by atoms with E-state index in [2.05, 4.69) is 0 Å². The van der Waals surface area contributed by atoms with Crippen molar-refractivity contribution in [2.45, 2.75) is 52.4 Å². The topological polar surface area (TPSA) is 74.6 Å². The minimum absolute atomic E-state index is 0.228. The summed E-state index contributed by atoms with van der Waals surface area (Å²) in [5.74, 6) is -1.91. The highest BCUT2D eigenvalue weighted by Crippen LogP contribution is 2.46. The Morgan fingerprint density at radius 1 is 0.750 bits per heavy atom. The van der Waals surface area contributed by atoms with Crippen molar-refractivity contribution in [2.24, 2.45) is 0 Å². The smallest absolute Gasteiger partial charge is 0.345 e.